The van der Waals surface area contributed by atoms with Gasteiger partial charge in [-0.05, 0) is 55.3 Å². The number of Topliss-reactive ketones (excluding diaryl/α,β-unsaturated/α-hetero) is 1. The number of hydrogen-bond acceptors (Lipinski definition) is 8. The predicted molar refractivity (Wildman–Crippen MR) is 132 cm³/mol. The standard InChI is InChI=1S/C25H21ClN2O6S/c1-12-10-15(8-9-17(12)33-3)20(29)18-19(14-6-5-7-16(26)11-14)28(23(31)21(18)30)25-27-13(2)22(35-25)24(32)34-4/h5-11,19,29H,1-4H3. The first-order valence-corrected chi connectivity index (χ1v) is 11.6. The SMILES string of the molecule is COC(=O)c1sc(N2C(=O)C(=O)C(=C(O)c3ccc(OC)c(C)c3)C2c2cccc(Cl)c2)nc1C. The number of halogens is 1. The van der Waals surface area contributed by atoms with Crippen molar-refractivity contribution in [2.75, 3.05) is 19.1 Å². The normalized spacial score (nSPS) is 17.1. The maximum atomic E-state index is 13.3. The van der Waals surface area contributed by atoms with E-state index in [9.17, 15) is 19.5 Å². The van der Waals surface area contributed by atoms with Gasteiger partial charge in [0, 0.05) is 10.6 Å². The predicted octanol–water partition coefficient (Wildman–Crippen LogP) is 4.83. The summed E-state index contributed by atoms with van der Waals surface area (Å²) in [4.78, 5) is 44.5. The van der Waals surface area contributed by atoms with Gasteiger partial charge in [0.2, 0.25) is 0 Å². The third-order valence-electron chi connectivity index (χ3n) is 5.64. The van der Waals surface area contributed by atoms with Gasteiger partial charge in [-0.15, -0.1) is 0 Å². The molecule has 0 radical (unpaired) electrons. The Kier molecular flexibility index (Phi) is 6.64. The van der Waals surface area contributed by atoms with E-state index in [2.05, 4.69) is 4.98 Å². The highest BCUT2D eigenvalue weighted by Crippen LogP contribution is 2.44. The molecule has 1 aromatic heterocycles. The Morgan fingerprint density at radius 3 is 2.51 bits per heavy atom. The molecule has 1 fully saturated rings. The van der Waals surface area contributed by atoms with Gasteiger partial charge in [0.05, 0.1) is 31.5 Å². The molecule has 0 bridgehead atoms. The Morgan fingerprint density at radius 1 is 1.14 bits per heavy atom. The lowest BCUT2D eigenvalue weighted by Crippen LogP contribution is -2.29. The molecule has 1 atom stereocenters. The minimum absolute atomic E-state index is 0.116. The van der Waals surface area contributed by atoms with Crippen molar-refractivity contribution in [3.05, 3.63) is 80.3 Å². The quantitative estimate of drug-likeness (QED) is 0.226. The van der Waals surface area contributed by atoms with Crippen LogP contribution in [0.1, 0.15) is 38.1 Å². The zero-order chi connectivity index (χ0) is 25.4. The van der Waals surface area contributed by atoms with Crippen molar-refractivity contribution >= 4 is 51.5 Å². The van der Waals surface area contributed by atoms with E-state index in [-0.39, 0.29) is 21.3 Å². The molecule has 2 aromatic carbocycles. The van der Waals surface area contributed by atoms with Crippen LogP contribution in [0, 0.1) is 13.8 Å². The van der Waals surface area contributed by atoms with E-state index >= 15 is 0 Å². The smallest absolute Gasteiger partial charge is 0.350 e. The van der Waals surface area contributed by atoms with E-state index in [1.165, 1.54) is 19.1 Å². The van der Waals surface area contributed by atoms with Crippen molar-refractivity contribution in [2.24, 2.45) is 0 Å². The van der Waals surface area contributed by atoms with Crippen LogP contribution in [0.2, 0.25) is 5.02 Å². The summed E-state index contributed by atoms with van der Waals surface area (Å²) < 4.78 is 10.1. The molecule has 180 valence electrons. The lowest BCUT2D eigenvalue weighted by Gasteiger charge is -2.23. The van der Waals surface area contributed by atoms with Crippen LogP contribution in [-0.2, 0) is 14.3 Å². The molecule has 8 nitrogen and oxygen atoms in total. The molecule has 1 N–H and O–H groups in total. The number of aryl methyl sites for hydroxylation is 2. The summed E-state index contributed by atoms with van der Waals surface area (Å²) in [5.41, 5.74) is 1.82. The van der Waals surface area contributed by atoms with E-state index < -0.39 is 23.7 Å². The topological polar surface area (TPSA) is 106 Å². The fraction of sp³-hybridized carbons (Fsp3) is 0.200. The molecule has 4 rings (SSSR count). The van der Waals surface area contributed by atoms with E-state index in [1.54, 1.807) is 56.3 Å². The summed E-state index contributed by atoms with van der Waals surface area (Å²) in [5.74, 6) is -2.10. The Hall–Kier alpha value is -3.69. The molecule has 1 aliphatic rings. The summed E-state index contributed by atoms with van der Waals surface area (Å²) in [6.07, 6.45) is 0. The molecule has 1 aliphatic heterocycles. The molecule has 0 saturated carbocycles. The molecule has 1 amide bonds. The molecule has 3 aromatic rings. The van der Waals surface area contributed by atoms with Crippen LogP contribution in [0.3, 0.4) is 0 Å². The molecular formula is C25H21ClN2O6S. The number of thiazole rings is 1. The summed E-state index contributed by atoms with van der Waals surface area (Å²) in [6.45, 7) is 3.41. The van der Waals surface area contributed by atoms with Crippen LogP contribution in [0.5, 0.6) is 5.75 Å². The van der Waals surface area contributed by atoms with Crippen molar-refractivity contribution in [2.45, 2.75) is 19.9 Å². The average Bonchev–Trinajstić information content (AvgIpc) is 3.34. The van der Waals surface area contributed by atoms with E-state index in [1.807, 2.05) is 0 Å². The van der Waals surface area contributed by atoms with Crippen molar-refractivity contribution in [1.82, 2.24) is 4.98 Å². The van der Waals surface area contributed by atoms with Crippen molar-refractivity contribution in [3.63, 3.8) is 0 Å². The van der Waals surface area contributed by atoms with Gasteiger partial charge < -0.3 is 14.6 Å². The average molecular weight is 513 g/mol. The van der Waals surface area contributed by atoms with Gasteiger partial charge >= 0.3 is 11.9 Å². The number of amides is 1. The van der Waals surface area contributed by atoms with Crippen LogP contribution in [0.15, 0.2) is 48.0 Å². The van der Waals surface area contributed by atoms with Gasteiger partial charge in [0.25, 0.3) is 5.78 Å². The maximum absolute atomic E-state index is 13.3. The Labute approximate surface area is 210 Å². The maximum Gasteiger partial charge on any atom is 0.350 e. The summed E-state index contributed by atoms with van der Waals surface area (Å²) in [5, 5.41) is 11.8. The number of benzene rings is 2. The minimum atomic E-state index is -1.02. The molecule has 1 unspecified atom stereocenters. The molecule has 35 heavy (non-hydrogen) atoms. The first-order chi connectivity index (χ1) is 16.7. The summed E-state index contributed by atoms with van der Waals surface area (Å²) in [7, 11) is 2.78. The zero-order valence-corrected chi connectivity index (χ0v) is 20.9. The second-order valence-electron chi connectivity index (χ2n) is 7.81. The van der Waals surface area contributed by atoms with Crippen LogP contribution in [0.4, 0.5) is 5.13 Å². The molecule has 1 saturated heterocycles. The molecule has 10 heteroatoms. The number of esters is 1. The molecule has 0 spiro atoms. The molecule has 2 heterocycles. The Bertz CT molecular complexity index is 1400. The van der Waals surface area contributed by atoms with E-state index in [0.29, 0.717) is 27.6 Å². The van der Waals surface area contributed by atoms with Gasteiger partial charge in [-0.2, -0.15) is 0 Å². The van der Waals surface area contributed by atoms with Gasteiger partial charge in [-0.3, -0.25) is 14.5 Å². The van der Waals surface area contributed by atoms with Crippen LogP contribution >= 0.6 is 22.9 Å². The second-order valence-corrected chi connectivity index (χ2v) is 9.23. The number of hydrogen-bond donors (Lipinski definition) is 1. The van der Waals surface area contributed by atoms with E-state index in [0.717, 1.165) is 16.9 Å². The molecular weight excluding hydrogens is 492 g/mol. The van der Waals surface area contributed by atoms with Crippen molar-refractivity contribution in [1.29, 1.82) is 0 Å². The van der Waals surface area contributed by atoms with Gasteiger partial charge in [0.15, 0.2) is 5.13 Å². The number of aliphatic hydroxyl groups excluding tert-OH is 1. The van der Waals surface area contributed by atoms with Gasteiger partial charge in [0.1, 0.15) is 16.4 Å². The number of methoxy groups -OCH3 is 2. The fourth-order valence-electron chi connectivity index (χ4n) is 3.97. The fourth-order valence-corrected chi connectivity index (χ4v) is 5.18. The monoisotopic (exact) mass is 512 g/mol. The van der Waals surface area contributed by atoms with Crippen molar-refractivity contribution < 1.29 is 29.0 Å². The van der Waals surface area contributed by atoms with Crippen LogP contribution in [0.25, 0.3) is 5.76 Å². The second kappa shape index (κ2) is 9.52. The van der Waals surface area contributed by atoms with Gasteiger partial charge in [-0.1, -0.05) is 35.1 Å². The lowest BCUT2D eigenvalue weighted by molar-refractivity contribution is -0.132. The van der Waals surface area contributed by atoms with Gasteiger partial charge in [-0.25, -0.2) is 9.78 Å². The van der Waals surface area contributed by atoms with Crippen molar-refractivity contribution in [3.8, 4) is 5.75 Å². The largest absolute Gasteiger partial charge is 0.507 e. The number of carbonyl (C=O) groups is 3. The number of ether oxygens (including phenoxy) is 2. The van der Waals surface area contributed by atoms with Crippen LogP contribution < -0.4 is 9.64 Å². The number of aromatic nitrogens is 1. The third kappa shape index (κ3) is 4.28. The number of rotatable bonds is 5. The highest BCUT2D eigenvalue weighted by atomic mass is 35.5. The first kappa shape index (κ1) is 24.4. The van der Waals surface area contributed by atoms with E-state index in [4.69, 9.17) is 21.1 Å². The highest BCUT2D eigenvalue weighted by molar-refractivity contribution is 7.17. The first-order valence-electron chi connectivity index (χ1n) is 10.4. The number of anilines is 1. The number of aliphatic hydroxyl groups is 1. The Balaban J connectivity index is 1.94. The summed E-state index contributed by atoms with van der Waals surface area (Å²) in [6, 6.07) is 10.6. The Morgan fingerprint density at radius 2 is 1.89 bits per heavy atom. The molecule has 0 aliphatic carbocycles. The van der Waals surface area contributed by atoms with Crippen LogP contribution in [-0.4, -0.2) is 42.0 Å². The third-order valence-corrected chi connectivity index (χ3v) is 7.01. The lowest BCUT2D eigenvalue weighted by atomic mass is 9.95. The number of nitrogens with zero attached hydrogens (tertiary/aromatic N) is 2. The number of carbonyl (C=O) groups excluding carboxylic acids is 3. The summed E-state index contributed by atoms with van der Waals surface area (Å²) >= 11 is 7.15. The minimum Gasteiger partial charge on any atom is -0.507 e. The number of ketones is 1. The highest BCUT2D eigenvalue weighted by Gasteiger charge is 2.48. The zero-order valence-electron chi connectivity index (χ0n) is 19.3.